The van der Waals surface area contributed by atoms with Gasteiger partial charge in [0.05, 0.1) is 13.5 Å². The molecule has 0 aliphatic rings. The van der Waals surface area contributed by atoms with Gasteiger partial charge in [-0.2, -0.15) is 0 Å². The molecule has 5 heteroatoms. The predicted molar refractivity (Wildman–Crippen MR) is 61.8 cm³/mol. The lowest BCUT2D eigenvalue weighted by molar-refractivity contribution is -0.119. The predicted octanol–water partition coefficient (Wildman–Crippen LogP) is 0.268. The third-order valence-electron chi connectivity index (χ3n) is 2.23. The van der Waals surface area contributed by atoms with Gasteiger partial charge in [0.1, 0.15) is 11.6 Å². The topological polar surface area (TPSA) is 88.2 Å². The Bertz CT molecular complexity index is 416. The molecular formula is C11H15N3O2. The highest BCUT2D eigenvalue weighted by atomic mass is 16.5. The Morgan fingerprint density at radius 1 is 1.56 bits per heavy atom. The number of nitrogens with one attached hydrogen (secondary N) is 2. The highest BCUT2D eigenvalue weighted by Crippen LogP contribution is 2.20. The molecule has 0 unspecified atom stereocenters. The number of hydrogen-bond acceptors (Lipinski definition) is 3. The lowest BCUT2D eigenvalue weighted by Crippen LogP contribution is -2.20. The van der Waals surface area contributed by atoms with E-state index in [2.05, 4.69) is 5.32 Å². The zero-order chi connectivity index (χ0) is 12.1. The van der Waals surface area contributed by atoms with Gasteiger partial charge in [0.2, 0.25) is 5.91 Å². The average molecular weight is 221 g/mol. The Balaban J connectivity index is 3.02. The first-order valence-electron chi connectivity index (χ1n) is 4.80. The third-order valence-corrected chi connectivity index (χ3v) is 2.23. The fraction of sp³-hybridized carbons (Fsp3) is 0.273. The van der Waals surface area contributed by atoms with E-state index in [4.69, 9.17) is 15.9 Å². The van der Waals surface area contributed by atoms with E-state index in [0.29, 0.717) is 11.3 Å². The van der Waals surface area contributed by atoms with Gasteiger partial charge in [-0.25, -0.2) is 0 Å². The summed E-state index contributed by atoms with van der Waals surface area (Å²) >= 11 is 0. The van der Waals surface area contributed by atoms with Crippen LogP contribution in [0.4, 0.5) is 0 Å². The SMILES string of the molecule is CNC(=O)Cc1ccc(C(=N)N)cc1OC. The number of likely N-dealkylation sites (N-methyl/N-ethyl adjacent to an activating group) is 1. The zero-order valence-corrected chi connectivity index (χ0v) is 9.33. The van der Waals surface area contributed by atoms with Crippen LogP contribution in [-0.2, 0) is 11.2 Å². The van der Waals surface area contributed by atoms with Crippen LogP contribution in [0.2, 0.25) is 0 Å². The van der Waals surface area contributed by atoms with Crippen LogP contribution in [0, 0.1) is 5.41 Å². The summed E-state index contributed by atoms with van der Waals surface area (Å²) in [4.78, 5) is 11.2. The van der Waals surface area contributed by atoms with E-state index in [1.165, 1.54) is 7.11 Å². The molecule has 0 aromatic heterocycles. The lowest BCUT2D eigenvalue weighted by atomic mass is 10.1. The molecule has 0 heterocycles. The largest absolute Gasteiger partial charge is 0.496 e. The molecule has 86 valence electrons. The number of amidine groups is 1. The summed E-state index contributed by atoms with van der Waals surface area (Å²) < 4.78 is 5.15. The number of methoxy groups -OCH3 is 1. The molecule has 1 aromatic rings. The maximum Gasteiger partial charge on any atom is 0.224 e. The van der Waals surface area contributed by atoms with Gasteiger partial charge in [-0.3, -0.25) is 10.2 Å². The Kier molecular flexibility index (Phi) is 3.88. The molecule has 1 amide bonds. The molecule has 1 rings (SSSR count). The summed E-state index contributed by atoms with van der Waals surface area (Å²) in [5, 5.41) is 9.84. The van der Waals surface area contributed by atoms with Gasteiger partial charge in [-0.1, -0.05) is 12.1 Å². The minimum Gasteiger partial charge on any atom is -0.496 e. The van der Waals surface area contributed by atoms with Gasteiger partial charge in [-0.05, 0) is 6.07 Å². The summed E-state index contributed by atoms with van der Waals surface area (Å²) in [5.41, 5.74) is 6.71. The molecule has 0 fully saturated rings. The van der Waals surface area contributed by atoms with Crippen molar-refractivity contribution >= 4 is 11.7 Å². The summed E-state index contributed by atoms with van der Waals surface area (Å²) in [6.45, 7) is 0. The van der Waals surface area contributed by atoms with E-state index < -0.39 is 0 Å². The third kappa shape index (κ3) is 2.73. The van der Waals surface area contributed by atoms with Crippen molar-refractivity contribution in [3.8, 4) is 5.75 Å². The van der Waals surface area contributed by atoms with Crippen molar-refractivity contribution in [1.82, 2.24) is 5.32 Å². The van der Waals surface area contributed by atoms with Gasteiger partial charge < -0.3 is 15.8 Å². The minimum absolute atomic E-state index is 0.0233. The Labute approximate surface area is 94.1 Å². The molecule has 4 N–H and O–H groups in total. The van der Waals surface area contributed by atoms with Crippen LogP contribution in [0.5, 0.6) is 5.75 Å². The number of ether oxygens (including phenoxy) is 1. The van der Waals surface area contributed by atoms with E-state index in [0.717, 1.165) is 5.56 Å². The smallest absolute Gasteiger partial charge is 0.224 e. The quantitative estimate of drug-likeness (QED) is 0.503. The van der Waals surface area contributed by atoms with Crippen molar-refractivity contribution in [3.63, 3.8) is 0 Å². The monoisotopic (exact) mass is 221 g/mol. The first kappa shape index (κ1) is 12.0. The Hall–Kier alpha value is -2.04. The second-order valence-corrected chi connectivity index (χ2v) is 3.29. The van der Waals surface area contributed by atoms with Gasteiger partial charge in [0.15, 0.2) is 0 Å². The fourth-order valence-corrected chi connectivity index (χ4v) is 1.32. The number of benzene rings is 1. The van der Waals surface area contributed by atoms with Crippen LogP contribution in [-0.4, -0.2) is 25.9 Å². The number of amides is 1. The minimum atomic E-state index is -0.0890. The number of nitrogen functional groups attached to an aromatic ring is 1. The molecule has 0 aliphatic carbocycles. The van der Waals surface area contributed by atoms with Crippen LogP contribution in [0.25, 0.3) is 0 Å². The molecule has 0 bridgehead atoms. The maximum absolute atomic E-state index is 11.2. The highest BCUT2D eigenvalue weighted by Gasteiger charge is 2.09. The van der Waals surface area contributed by atoms with E-state index in [1.807, 2.05) is 0 Å². The summed E-state index contributed by atoms with van der Waals surface area (Å²) in [6, 6.07) is 5.09. The van der Waals surface area contributed by atoms with Crippen LogP contribution in [0.3, 0.4) is 0 Å². The molecule has 16 heavy (non-hydrogen) atoms. The molecule has 0 saturated carbocycles. The van der Waals surface area contributed by atoms with Gasteiger partial charge >= 0.3 is 0 Å². The van der Waals surface area contributed by atoms with E-state index >= 15 is 0 Å². The molecule has 0 aliphatic heterocycles. The Morgan fingerprint density at radius 3 is 2.75 bits per heavy atom. The summed E-state index contributed by atoms with van der Waals surface area (Å²) in [7, 11) is 3.10. The molecule has 0 spiro atoms. The number of hydrogen-bond donors (Lipinski definition) is 3. The van der Waals surface area contributed by atoms with E-state index in [9.17, 15) is 4.79 Å². The number of rotatable bonds is 4. The van der Waals surface area contributed by atoms with Crippen LogP contribution in [0.15, 0.2) is 18.2 Å². The molecule has 0 saturated heterocycles. The van der Waals surface area contributed by atoms with Gasteiger partial charge in [0, 0.05) is 18.2 Å². The first-order chi connectivity index (χ1) is 7.58. The van der Waals surface area contributed by atoms with Crippen molar-refractivity contribution in [1.29, 1.82) is 5.41 Å². The summed E-state index contributed by atoms with van der Waals surface area (Å²) in [5.74, 6) is 0.454. The maximum atomic E-state index is 11.2. The van der Waals surface area contributed by atoms with Crippen molar-refractivity contribution < 1.29 is 9.53 Å². The number of carbonyl (C=O) groups excluding carboxylic acids is 1. The second-order valence-electron chi connectivity index (χ2n) is 3.29. The zero-order valence-electron chi connectivity index (χ0n) is 9.33. The van der Waals surface area contributed by atoms with Gasteiger partial charge in [0.25, 0.3) is 0 Å². The molecule has 0 atom stereocenters. The summed E-state index contributed by atoms with van der Waals surface area (Å²) in [6.07, 6.45) is 0.248. The van der Waals surface area contributed by atoms with Crippen molar-refractivity contribution in [2.75, 3.05) is 14.2 Å². The molecular weight excluding hydrogens is 206 g/mol. The Morgan fingerprint density at radius 2 is 2.25 bits per heavy atom. The van der Waals surface area contributed by atoms with E-state index in [1.54, 1.807) is 25.2 Å². The second kappa shape index (κ2) is 5.16. The van der Waals surface area contributed by atoms with Crippen LogP contribution < -0.4 is 15.8 Å². The lowest BCUT2D eigenvalue weighted by Gasteiger charge is -2.09. The molecule has 1 aromatic carbocycles. The highest BCUT2D eigenvalue weighted by molar-refractivity contribution is 5.95. The van der Waals surface area contributed by atoms with E-state index in [-0.39, 0.29) is 18.2 Å². The standard InChI is InChI=1S/C11H15N3O2/c1-14-10(15)6-7-3-4-8(11(12)13)5-9(7)16-2/h3-5H,6H2,1-2H3,(H3,12,13)(H,14,15). The van der Waals surface area contributed by atoms with Crippen molar-refractivity contribution in [2.45, 2.75) is 6.42 Å². The molecule has 5 nitrogen and oxygen atoms in total. The van der Waals surface area contributed by atoms with Crippen LogP contribution >= 0.6 is 0 Å². The average Bonchev–Trinajstić information content (AvgIpc) is 2.29. The normalized spacial score (nSPS) is 9.62. The first-order valence-corrected chi connectivity index (χ1v) is 4.80. The van der Waals surface area contributed by atoms with Crippen molar-refractivity contribution in [2.24, 2.45) is 5.73 Å². The van der Waals surface area contributed by atoms with Crippen molar-refractivity contribution in [3.05, 3.63) is 29.3 Å². The number of nitrogens with two attached hydrogens (primary N) is 1. The number of carbonyl (C=O) groups is 1. The molecule has 0 radical (unpaired) electrons. The van der Waals surface area contributed by atoms with Crippen LogP contribution in [0.1, 0.15) is 11.1 Å². The fourth-order valence-electron chi connectivity index (χ4n) is 1.32. The van der Waals surface area contributed by atoms with Gasteiger partial charge in [-0.15, -0.1) is 0 Å².